The predicted octanol–water partition coefficient (Wildman–Crippen LogP) is 2.33. The molecule has 0 atom stereocenters. The highest BCUT2D eigenvalue weighted by Crippen LogP contribution is 2.19. The van der Waals surface area contributed by atoms with E-state index in [-0.39, 0.29) is 5.91 Å². The highest BCUT2D eigenvalue weighted by molar-refractivity contribution is 5.94. The molecule has 1 aliphatic rings. The Hall–Kier alpha value is -2.44. The van der Waals surface area contributed by atoms with Gasteiger partial charge < -0.3 is 14.8 Å². The van der Waals surface area contributed by atoms with Crippen LogP contribution in [0.2, 0.25) is 0 Å². The van der Waals surface area contributed by atoms with Crippen LogP contribution in [0.15, 0.2) is 48.7 Å². The molecule has 0 aliphatic carbocycles. The summed E-state index contributed by atoms with van der Waals surface area (Å²) in [6.07, 6.45) is 2.59. The maximum absolute atomic E-state index is 12.3. The third-order valence-corrected chi connectivity index (χ3v) is 4.00. The molecule has 0 radical (unpaired) electrons. The minimum absolute atomic E-state index is 0.0894. The largest absolute Gasteiger partial charge is 0.439 e. The molecule has 2 heterocycles. The molecule has 1 N–H and O–H groups in total. The van der Waals surface area contributed by atoms with Crippen molar-refractivity contribution in [1.29, 1.82) is 0 Å². The SMILES string of the molecule is O=C(NCCCN1CCOCC1)c1cccc(Oc2ccccn2)c1. The molecule has 25 heavy (non-hydrogen) atoms. The smallest absolute Gasteiger partial charge is 0.251 e. The number of hydrogen-bond donors (Lipinski definition) is 1. The number of nitrogens with one attached hydrogen (secondary N) is 1. The van der Waals surface area contributed by atoms with Gasteiger partial charge in [-0.3, -0.25) is 9.69 Å². The minimum Gasteiger partial charge on any atom is -0.439 e. The summed E-state index contributed by atoms with van der Waals surface area (Å²) in [6.45, 7) is 5.18. The fraction of sp³-hybridized carbons (Fsp3) is 0.368. The lowest BCUT2D eigenvalue weighted by atomic mass is 10.2. The monoisotopic (exact) mass is 341 g/mol. The van der Waals surface area contributed by atoms with Crippen molar-refractivity contribution in [2.24, 2.45) is 0 Å². The lowest BCUT2D eigenvalue weighted by Crippen LogP contribution is -2.38. The standard InChI is InChI=1S/C19H23N3O3/c23-19(21-9-4-10-22-11-13-24-14-12-22)16-5-3-6-17(15-16)25-18-7-1-2-8-20-18/h1-3,5-8,15H,4,9-14H2,(H,21,23). The van der Waals surface area contributed by atoms with E-state index in [4.69, 9.17) is 9.47 Å². The Bertz CT molecular complexity index is 673. The summed E-state index contributed by atoms with van der Waals surface area (Å²) >= 11 is 0. The van der Waals surface area contributed by atoms with Crippen molar-refractivity contribution >= 4 is 5.91 Å². The van der Waals surface area contributed by atoms with E-state index in [2.05, 4.69) is 15.2 Å². The number of aromatic nitrogens is 1. The highest BCUT2D eigenvalue weighted by atomic mass is 16.5. The Balaban J connectivity index is 1.46. The summed E-state index contributed by atoms with van der Waals surface area (Å²) in [5, 5.41) is 2.96. The van der Waals surface area contributed by atoms with E-state index in [1.54, 1.807) is 30.5 Å². The topological polar surface area (TPSA) is 63.7 Å². The van der Waals surface area contributed by atoms with Gasteiger partial charge in [0.1, 0.15) is 5.75 Å². The number of pyridine rings is 1. The van der Waals surface area contributed by atoms with Gasteiger partial charge in [-0.2, -0.15) is 0 Å². The zero-order chi connectivity index (χ0) is 17.3. The van der Waals surface area contributed by atoms with Gasteiger partial charge in [0.25, 0.3) is 5.91 Å². The van der Waals surface area contributed by atoms with Crippen molar-refractivity contribution < 1.29 is 14.3 Å². The van der Waals surface area contributed by atoms with Crippen LogP contribution in [0, 0.1) is 0 Å². The average molecular weight is 341 g/mol. The number of morpholine rings is 1. The highest BCUT2D eigenvalue weighted by Gasteiger charge is 2.10. The molecule has 0 bridgehead atoms. The van der Waals surface area contributed by atoms with Gasteiger partial charge in [-0.05, 0) is 37.2 Å². The molecule has 1 aliphatic heterocycles. The third-order valence-electron chi connectivity index (χ3n) is 4.00. The van der Waals surface area contributed by atoms with E-state index in [9.17, 15) is 4.79 Å². The molecule has 6 heteroatoms. The van der Waals surface area contributed by atoms with E-state index in [0.717, 1.165) is 39.3 Å². The number of carbonyl (C=O) groups excluding carboxylic acids is 1. The zero-order valence-electron chi connectivity index (χ0n) is 14.2. The number of ether oxygens (including phenoxy) is 2. The summed E-state index contributed by atoms with van der Waals surface area (Å²) in [7, 11) is 0. The van der Waals surface area contributed by atoms with Gasteiger partial charge >= 0.3 is 0 Å². The molecule has 0 unspecified atom stereocenters. The Morgan fingerprint density at radius 1 is 1.20 bits per heavy atom. The molecule has 2 aromatic rings. The number of rotatable bonds is 7. The Morgan fingerprint density at radius 3 is 2.88 bits per heavy atom. The first kappa shape index (κ1) is 17.4. The molecule has 1 saturated heterocycles. The molecule has 1 aromatic heterocycles. The molecule has 132 valence electrons. The molecule has 1 amide bonds. The normalized spacial score (nSPS) is 14.9. The van der Waals surface area contributed by atoms with Crippen LogP contribution in [-0.4, -0.2) is 55.2 Å². The van der Waals surface area contributed by atoms with Gasteiger partial charge in [0, 0.05) is 37.5 Å². The molecular weight excluding hydrogens is 318 g/mol. The second-order valence-corrected chi connectivity index (χ2v) is 5.86. The van der Waals surface area contributed by atoms with Gasteiger partial charge in [0.15, 0.2) is 0 Å². The van der Waals surface area contributed by atoms with Crippen LogP contribution in [0.4, 0.5) is 0 Å². The van der Waals surface area contributed by atoms with Gasteiger partial charge in [0.05, 0.1) is 13.2 Å². The molecular formula is C19H23N3O3. The summed E-state index contributed by atoms with van der Waals surface area (Å²) in [4.78, 5) is 18.8. The summed E-state index contributed by atoms with van der Waals surface area (Å²) < 4.78 is 11.0. The molecule has 3 rings (SSSR count). The lowest BCUT2D eigenvalue weighted by molar-refractivity contribution is 0.0374. The number of carbonyl (C=O) groups is 1. The Morgan fingerprint density at radius 2 is 2.08 bits per heavy atom. The average Bonchev–Trinajstić information content (AvgIpc) is 2.67. The first-order valence-electron chi connectivity index (χ1n) is 8.58. The first-order chi connectivity index (χ1) is 12.3. The van der Waals surface area contributed by atoms with Crippen molar-refractivity contribution in [1.82, 2.24) is 15.2 Å². The lowest BCUT2D eigenvalue weighted by Gasteiger charge is -2.26. The van der Waals surface area contributed by atoms with Crippen LogP contribution in [0.3, 0.4) is 0 Å². The van der Waals surface area contributed by atoms with E-state index in [1.165, 1.54) is 0 Å². The van der Waals surface area contributed by atoms with Crippen LogP contribution in [0.1, 0.15) is 16.8 Å². The number of amides is 1. The van der Waals surface area contributed by atoms with Crippen molar-refractivity contribution in [3.05, 3.63) is 54.2 Å². The molecule has 6 nitrogen and oxygen atoms in total. The Labute approximate surface area is 147 Å². The third kappa shape index (κ3) is 5.55. The van der Waals surface area contributed by atoms with Gasteiger partial charge in [0.2, 0.25) is 5.88 Å². The summed E-state index contributed by atoms with van der Waals surface area (Å²) in [5.74, 6) is 1.01. The van der Waals surface area contributed by atoms with Gasteiger partial charge in [-0.15, -0.1) is 0 Å². The number of nitrogens with zero attached hydrogens (tertiary/aromatic N) is 2. The van der Waals surface area contributed by atoms with Crippen LogP contribution in [0.5, 0.6) is 11.6 Å². The number of benzene rings is 1. The van der Waals surface area contributed by atoms with Crippen molar-refractivity contribution in [2.75, 3.05) is 39.4 Å². The van der Waals surface area contributed by atoms with Crippen LogP contribution in [0.25, 0.3) is 0 Å². The van der Waals surface area contributed by atoms with Crippen LogP contribution >= 0.6 is 0 Å². The quantitative estimate of drug-likeness (QED) is 0.783. The maximum atomic E-state index is 12.3. The minimum atomic E-state index is -0.0894. The second-order valence-electron chi connectivity index (χ2n) is 5.86. The van der Waals surface area contributed by atoms with Gasteiger partial charge in [-0.25, -0.2) is 4.98 Å². The summed E-state index contributed by atoms with van der Waals surface area (Å²) in [5.41, 5.74) is 0.583. The maximum Gasteiger partial charge on any atom is 0.251 e. The van der Waals surface area contributed by atoms with E-state index in [0.29, 0.717) is 23.7 Å². The van der Waals surface area contributed by atoms with Crippen molar-refractivity contribution in [3.63, 3.8) is 0 Å². The number of hydrogen-bond acceptors (Lipinski definition) is 5. The zero-order valence-corrected chi connectivity index (χ0v) is 14.2. The van der Waals surface area contributed by atoms with Crippen LogP contribution in [-0.2, 0) is 4.74 Å². The summed E-state index contributed by atoms with van der Waals surface area (Å²) in [6, 6.07) is 12.6. The van der Waals surface area contributed by atoms with Crippen molar-refractivity contribution in [3.8, 4) is 11.6 Å². The van der Waals surface area contributed by atoms with Crippen LogP contribution < -0.4 is 10.1 Å². The van der Waals surface area contributed by atoms with E-state index >= 15 is 0 Å². The van der Waals surface area contributed by atoms with E-state index in [1.807, 2.05) is 18.2 Å². The molecule has 0 spiro atoms. The van der Waals surface area contributed by atoms with Gasteiger partial charge in [-0.1, -0.05) is 12.1 Å². The molecule has 0 saturated carbocycles. The molecule has 1 aromatic carbocycles. The van der Waals surface area contributed by atoms with E-state index < -0.39 is 0 Å². The first-order valence-corrected chi connectivity index (χ1v) is 8.58. The fourth-order valence-electron chi connectivity index (χ4n) is 2.66. The Kier molecular flexibility index (Phi) is 6.36. The fourth-order valence-corrected chi connectivity index (χ4v) is 2.66. The molecule has 1 fully saturated rings. The van der Waals surface area contributed by atoms with Crippen molar-refractivity contribution in [2.45, 2.75) is 6.42 Å². The predicted molar refractivity (Wildman–Crippen MR) is 95.0 cm³/mol. The second kappa shape index (κ2) is 9.15.